The Morgan fingerprint density at radius 1 is 1.14 bits per heavy atom. The van der Waals surface area contributed by atoms with E-state index in [4.69, 9.17) is 5.11 Å². The largest absolute Gasteiger partial charge is 0.392 e. The van der Waals surface area contributed by atoms with Crippen molar-refractivity contribution in [3.63, 3.8) is 0 Å². The van der Waals surface area contributed by atoms with Crippen molar-refractivity contribution in [3.05, 3.63) is 51.5 Å². The van der Waals surface area contributed by atoms with Crippen molar-refractivity contribution in [2.75, 3.05) is 0 Å². The summed E-state index contributed by atoms with van der Waals surface area (Å²) in [5.41, 5.74) is 3.00. The van der Waals surface area contributed by atoms with Gasteiger partial charge in [-0.2, -0.15) is 0 Å². The molecule has 0 radical (unpaired) electrons. The number of aromatic nitrogens is 1. The number of rotatable bonds is 5. The summed E-state index contributed by atoms with van der Waals surface area (Å²) in [6.45, 7) is 6.43. The van der Waals surface area contributed by atoms with Crippen molar-refractivity contribution in [2.45, 2.75) is 44.3 Å². The molecule has 0 aliphatic carbocycles. The van der Waals surface area contributed by atoms with Crippen LogP contribution in [0.15, 0.2) is 29.6 Å². The monoisotopic (exact) mass is 323 g/mol. The highest BCUT2D eigenvalue weighted by molar-refractivity contribution is 7.83. The van der Waals surface area contributed by atoms with Gasteiger partial charge in [0.25, 0.3) is 0 Å². The highest BCUT2D eigenvalue weighted by atomic mass is 32.2. The molecule has 3 nitrogen and oxygen atoms in total. The zero-order valence-corrected chi connectivity index (χ0v) is 14.3. The number of aliphatic hydroxyl groups excluding tert-OH is 1. The molecular formula is C16H21NO2S2. The molecule has 0 aliphatic heterocycles. The van der Waals surface area contributed by atoms with Gasteiger partial charge in [0.05, 0.1) is 18.1 Å². The van der Waals surface area contributed by atoms with E-state index in [1.807, 2.05) is 24.3 Å². The summed E-state index contributed by atoms with van der Waals surface area (Å²) in [7, 11) is -0.959. The van der Waals surface area contributed by atoms with Gasteiger partial charge in [-0.15, -0.1) is 11.3 Å². The highest BCUT2D eigenvalue weighted by Gasteiger charge is 2.18. The fourth-order valence-electron chi connectivity index (χ4n) is 1.84. The fraction of sp³-hybridized carbons (Fsp3) is 0.438. The third-order valence-corrected chi connectivity index (χ3v) is 5.42. The molecule has 1 N–H and O–H groups in total. The summed E-state index contributed by atoms with van der Waals surface area (Å²) in [5.74, 6) is 1.03. The molecule has 1 heterocycles. The lowest BCUT2D eigenvalue weighted by atomic mass is 9.93. The maximum Gasteiger partial charge on any atom is 0.105 e. The summed E-state index contributed by atoms with van der Waals surface area (Å²) >= 11 is 1.58. The van der Waals surface area contributed by atoms with Crippen LogP contribution in [0.5, 0.6) is 0 Å². The average molecular weight is 323 g/mol. The van der Waals surface area contributed by atoms with Crippen LogP contribution < -0.4 is 0 Å². The molecule has 0 amide bonds. The first kappa shape index (κ1) is 16.3. The van der Waals surface area contributed by atoms with Gasteiger partial charge < -0.3 is 5.11 Å². The Kier molecular flexibility index (Phi) is 5.30. The summed E-state index contributed by atoms with van der Waals surface area (Å²) < 4.78 is 12.2. The van der Waals surface area contributed by atoms with Gasteiger partial charge in [0.2, 0.25) is 0 Å². The standard InChI is InChI=1S/C16H21NO2S2/c1-16(2,3)14-9-20-15(17-14)11-21(19)10-13-6-4-12(8-18)5-7-13/h4-7,9,18H,8,10-11H2,1-3H3. The van der Waals surface area contributed by atoms with Crippen LogP contribution in [0.25, 0.3) is 0 Å². The molecule has 1 aromatic carbocycles. The number of thiazole rings is 1. The fourth-order valence-corrected chi connectivity index (χ4v) is 4.31. The quantitative estimate of drug-likeness (QED) is 0.917. The van der Waals surface area contributed by atoms with Crippen LogP contribution in [-0.4, -0.2) is 14.3 Å². The Bertz CT molecular complexity index is 612. The van der Waals surface area contributed by atoms with Crippen LogP contribution >= 0.6 is 11.3 Å². The molecule has 1 atom stereocenters. The molecule has 1 unspecified atom stereocenters. The van der Waals surface area contributed by atoms with Gasteiger partial charge in [-0.3, -0.25) is 4.21 Å². The molecule has 0 fully saturated rings. The minimum Gasteiger partial charge on any atom is -0.392 e. The average Bonchev–Trinajstić information content (AvgIpc) is 2.88. The number of hydrogen-bond donors (Lipinski definition) is 1. The third-order valence-electron chi connectivity index (χ3n) is 3.14. The van der Waals surface area contributed by atoms with E-state index < -0.39 is 10.8 Å². The van der Waals surface area contributed by atoms with Gasteiger partial charge in [0.15, 0.2) is 0 Å². The summed E-state index contributed by atoms with van der Waals surface area (Å²) in [6.07, 6.45) is 0. The molecule has 2 rings (SSSR count). The molecule has 0 bridgehead atoms. The zero-order valence-electron chi connectivity index (χ0n) is 12.6. The molecule has 114 valence electrons. The summed E-state index contributed by atoms with van der Waals surface area (Å²) in [6, 6.07) is 7.58. The van der Waals surface area contributed by atoms with Gasteiger partial charge >= 0.3 is 0 Å². The minimum absolute atomic E-state index is 0.0381. The van der Waals surface area contributed by atoms with Crippen LogP contribution in [0.1, 0.15) is 42.6 Å². The molecule has 0 spiro atoms. The van der Waals surface area contributed by atoms with Crippen LogP contribution in [0.4, 0.5) is 0 Å². The second-order valence-corrected chi connectivity index (χ2v) is 8.48. The molecule has 2 aromatic rings. The Morgan fingerprint density at radius 3 is 2.29 bits per heavy atom. The van der Waals surface area contributed by atoms with Gasteiger partial charge in [-0.05, 0) is 11.1 Å². The van der Waals surface area contributed by atoms with Gasteiger partial charge in [-0.1, -0.05) is 45.0 Å². The predicted molar refractivity (Wildman–Crippen MR) is 88.7 cm³/mol. The van der Waals surface area contributed by atoms with E-state index in [9.17, 15) is 4.21 Å². The Labute approximate surface area is 132 Å². The molecule has 21 heavy (non-hydrogen) atoms. The van der Waals surface area contributed by atoms with Crippen LogP contribution in [0, 0.1) is 0 Å². The minimum atomic E-state index is -0.959. The molecule has 0 saturated carbocycles. The van der Waals surface area contributed by atoms with Crippen LogP contribution in [0.3, 0.4) is 0 Å². The van der Waals surface area contributed by atoms with E-state index >= 15 is 0 Å². The molecule has 1 aromatic heterocycles. The molecule has 5 heteroatoms. The van der Waals surface area contributed by atoms with Crippen molar-refractivity contribution >= 4 is 22.1 Å². The third kappa shape index (κ3) is 4.73. The first-order valence-corrected chi connectivity index (χ1v) is 9.24. The van der Waals surface area contributed by atoms with Crippen LogP contribution in [0.2, 0.25) is 0 Å². The highest BCUT2D eigenvalue weighted by Crippen LogP contribution is 2.24. The van der Waals surface area contributed by atoms with E-state index in [-0.39, 0.29) is 12.0 Å². The predicted octanol–water partition coefficient (Wildman–Crippen LogP) is 3.38. The topological polar surface area (TPSA) is 50.2 Å². The number of nitrogens with zero attached hydrogens (tertiary/aromatic N) is 1. The smallest absolute Gasteiger partial charge is 0.105 e. The lowest BCUT2D eigenvalue weighted by Crippen LogP contribution is -2.11. The molecule has 0 saturated heterocycles. The van der Waals surface area contributed by atoms with E-state index in [1.165, 1.54) is 0 Å². The zero-order chi connectivity index (χ0) is 15.5. The summed E-state index contributed by atoms with van der Waals surface area (Å²) in [4.78, 5) is 4.58. The van der Waals surface area contributed by atoms with E-state index in [0.29, 0.717) is 11.5 Å². The normalized spacial score (nSPS) is 13.3. The second-order valence-electron chi connectivity index (χ2n) is 6.08. The van der Waals surface area contributed by atoms with Crippen molar-refractivity contribution in [2.24, 2.45) is 0 Å². The van der Waals surface area contributed by atoms with Crippen molar-refractivity contribution in [1.29, 1.82) is 0 Å². The first-order valence-electron chi connectivity index (χ1n) is 6.87. The number of benzene rings is 1. The van der Waals surface area contributed by atoms with E-state index in [1.54, 1.807) is 11.3 Å². The van der Waals surface area contributed by atoms with Crippen LogP contribution in [-0.2, 0) is 34.3 Å². The van der Waals surface area contributed by atoms with Gasteiger partial charge in [0, 0.05) is 27.3 Å². The molecular weight excluding hydrogens is 302 g/mol. The molecule has 0 aliphatic rings. The maximum absolute atomic E-state index is 12.2. The van der Waals surface area contributed by atoms with Crippen molar-refractivity contribution in [1.82, 2.24) is 4.98 Å². The van der Waals surface area contributed by atoms with E-state index in [0.717, 1.165) is 21.8 Å². The number of hydrogen-bond acceptors (Lipinski definition) is 4. The Morgan fingerprint density at radius 2 is 1.76 bits per heavy atom. The first-order chi connectivity index (χ1) is 9.88. The second kappa shape index (κ2) is 6.81. The lowest BCUT2D eigenvalue weighted by Gasteiger charge is -2.14. The van der Waals surface area contributed by atoms with Crippen molar-refractivity contribution < 1.29 is 9.32 Å². The lowest BCUT2D eigenvalue weighted by molar-refractivity contribution is 0.282. The Hall–Kier alpha value is -1.04. The number of aliphatic hydroxyl groups is 1. The SMILES string of the molecule is CC(C)(C)c1csc(CS(=O)Cc2ccc(CO)cc2)n1. The van der Waals surface area contributed by atoms with Crippen molar-refractivity contribution in [3.8, 4) is 0 Å². The summed E-state index contributed by atoms with van der Waals surface area (Å²) in [5, 5.41) is 12.0. The Balaban J connectivity index is 1.96. The van der Waals surface area contributed by atoms with Gasteiger partial charge in [0.1, 0.15) is 5.01 Å². The maximum atomic E-state index is 12.2. The van der Waals surface area contributed by atoms with Gasteiger partial charge in [-0.25, -0.2) is 4.98 Å². The van der Waals surface area contributed by atoms with E-state index in [2.05, 4.69) is 31.1 Å².